The van der Waals surface area contributed by atoms with Crippen molar-refractivity contribution >= 4 is 6.03 Å². The van der Waals surface area contributed by atoms with E-state index < -0.39 is 12.2 Å². The van der Waals surface area contributed by atoms with Crippen LogP contribution in [0.1, 0.15) is 12.8 Å². The number of rotatable bonds is 4. The minimum absolute atomic E-state index is 0.0428. The summed E-state index contributed by atoms with van der Waals surface area (Å²) in [4.78, 5) is 12.6. The molecule has 2 atom stereocenters. The van der Waals surface area contributed by atoms with E-state index in [1.54, 1.807) is 0 Å². The van der Waals surface area contributed by atoms with Crippen LogP contribution >= 0.6 is 0 Å². The molecule has 1 aliphatic heterocycles. The fourth-order valence-electron chi connectivity index (χ4n) is 1.90. The van der Waals surface area contributed by atoms with Crippen molar-refractivity contribution in [1.82, 2.24) is 10.2 Å². The number of likely N-dealkylation sites (tertiary alicyclic amines) is 1. The first-order valence-corrected chi connectivity index (χ1v) is 5.24. The third kappa shape index (κ3) is 4.44. The van der Waals surface area contributed by atoms with E-state index in [9.17, 15) is 9.18 Å². The summed E-state index contributed by atoms with van der Waals surface area (Å²) >= 11 is 0. The summed E-state index contributed by atoms with van der Waals surface area (Å²) in [7, 11) is 0. The predicted octanol–water partition coefficient (Wildman–Crippen LogP) is -0.584. The fraction of sp³-hybridized carbons (Fsp3) is 0.889. The highest BCUT2D eigenvalue weighted by Crippen LogP contribution is 2.10. The van der Waals surface area contributed by atoms with E-state index in [0.29, 0.717) is 13.1 Å². The van der Waals surface area contributed by atoms with Crippen molar-refractivity contribution < 1.29 is 9.18 Å². The zero-order valence-corrected chi connectivity index (χ0v) is 8.79. The second-order valence-corrected chi connectivity index (χ2v) is 3.94. The maximum atomic E-state index is 13.0. The van der Waals surface area contributed by atoms with E-state index >= 15 is 0 Å². The Morgan fingerprint density at radius 1 is 1.67 bits per heavy atom. The third-order valence-corrected chi connectivity index (χ3v) is 2.56. The smallest absolute Gasteiger partial charge is 0.312 e. The number of carbonyl (C=O) groups excluding carboxylic acids is 1. The molecular weight excluding hydrogens is 199 g/mol. The average Bonchev–Trinajstić information content (AvgIpc) is 2.17. The van der Waals surface area contributed by atoms with E-state index in [2.05, 4.69) is 5.32 Å². The lowest BCUT2D eigenvalue weighted by molar-refractivity contribution is 0.149. The number of alkyl halides is 1. The molecule has 0 radical (unpaired) electrons. The van der Waals surface area contributed by atoms with Gasteiger partial charge in [0.15, 0.2) is 0 Å². The number of primary amides is 1. The molecule has 1 rings (SSSR count). The largest absolute Gasteiger partial charge is 0.352 e. The van der Waals surface area contributed by atoms with Gasteiger partial charge in [-0.05, 0) is 19.4 Å². The van der Waals surface area contributed by atoms with Crippen LogP contribution in [-0.2, 0) is 0 Å². The molecule has 0 aromatic rings. The zero-order chi connectivity index (χ0) is 11.3. The van der Waals surface area contributed by atoms with E-state index in [4.69, 9.17) is 11.5 Å². The number of carbonyl (C=O) groups is 1. The van der Waals surface area contributed by atoms with Gasteiger partial charge in [-0.25, -0.2) is 9.18 Å². The first-order valence-electron chi connectivity index (χ1n) is 5.24. The van der Waals surface area contributed by atoms with E-state index in [0.717, 1.165) is 19.4 Å². The molecule has 0 aromatic carbocycles. The second kappa shape index (κ2) is 5.87. The minimum Gasteiger partial charge on any atom is -0.352 e. The number of nitrogens with one attached hydrogen (secondary N) is 1. The van der Waals surface area contributed by atoms with Crippen LogP contribution < -0.4 is 16.8 Å². The molecule has 1 aliphatic rings. The van der Waals surface area contributed by atoms with Crippen LogP contribution in [0.4, 0.5) is 9.18 Å². The quantitative estimate of drug-likeness (QED) is 0.590. The number of nitrogens with zero attached hydrogens (tertiary/aromatic N) is 1. The molecule has 0 aromatic heterocycles. The van der Waals surface area contributed by atoms with Gasteiger partial charge in [0.1, 0.15) is 6.17 Å². The first kappa shape index (κ1) is 12.2. The lowest BCUT2D eigenvalue weighted by Crippen LogP contribution is -2.50. The van der Waals surface area contributed by atoms with Crippen molar-refractivity contribution in [1.29, 1.82) is 0 Å². The highest BCUT2D eigenvalue weighted by atomic mass is 19.1. The number of halogens is 1. The van der Waals surface area contributed by atoms with Gasteiger partial charge in [-0.2, -0.15) is 0 Å². The van der Waals surface area contributed by atoms with Crippen LogP contribution in [0.3, 0.4) is 0 Å². The van der Waals surface area contributed by atoms with Gasteiger partial charge >= 0.3 is 6.03 Å². The van der Waals surface area contributed by atoms with E-state index in [-0.39, 0.29) is 12.6 Å². The Kier molecular flexibility index (Phi) is 4.77. The monoisotopic (exact) mass is 218 g/mol. The average molecular weight is 218 g/mol. The number of nitrogens with two attached hydrogens (primary N) is 2. The summed E-state index contributed by atoms with van der Waals surface area (Å²) in [5, 5.41) is 2.65. The lowest BCUT2D eigenvalue weighted by atomic mass is 10.1. The highest BCUT2D eigenvalue weighted by Gasteiger charge is 2.22. The lowest BCUT2D eigenvalue weighted by Gasteiger charge is -2.33. The van der Waals surface area contributed by atoms with Crippen molar-refractivity contribution in [3.8, 4) is 0 Å². The SMILES string of the molecule is NC[C@@H](F)CN1CCC[C@@H](NC(N)=O)C1. The van der Waals surface area contributed by atoms with Gasteiger partial charge in [0.2, 0.25) is 0 Å². The van der Waals surface area contributed by atoms with E-state index in [1.165, 1.54) is 0 Å². The fourth-order valence-corrected chi connectivity index (χ4v) is 1.90. The van der Waals surface area contributed by atoms with Gasteiger partial charge in [0.05, 0.1) is 0 Å². The third-order valence-electron chi connectivity index (χ3n) is 2.56. The van der Waals surface area contributed by atoms with Gasteiger partial charge in [-0.15, -0.1) is 0 Å². The predicted molar refractivity (Wildman–Crippen MR) is 56.1 cm³/mol. The number of amides is 2. The van der Waals surface area contributed by atoms with E-state index in [1.807, 2.05) is 4.90 Å². The Balaban J connectivity index is 2.31. The topological polar surface area (TPSA) is 84.4 Å². The summed E-state index contributed by atoms with van der Waals surface area (Å²) in [6.07, 6.45) is 0.860. The number of hydrogen-bond donors (Lipinski definition) is 3. The molecule has 5 nitrogen and oxygen atoms in total. The standard InChI is InChI=1S/C9H19FN4O/c10-7(4-11)5-14-3-1-2-8(6-14)13-9(12)15/h7-8H,1-6,11H2,(H3,12,13,15)/t7-,8-/m1/s1. The van der Waals surface area contributed by atoms with Crippen LogP contribution in [0.15, 0.2) is 0 Å². The molecular formula is C9H19FN4O. The molecule has 5 N–H and O–H groups in total. The van der Waals surface area contributed by atoms with Crippen molar-refractivity contribution in [2.75, 3.05) is 26.2 Å². The van der Waals surface area contributed by atoms with Gasteiger partial charge in [0, 0.05) is 25.7 Å². The Bertz CT molecular complexity index is 214. The number of hydrogen-bond acceptors (Lipinski definition) is 3. The molecule has 6 heteroatoms. The number of urea groups is 1. The van der Waals surface area contributed by atoms with Crippen LogP contribution in [0, 0.1) is 0 Å². The summed E-state index contributed by atoms with van der Waals surface area (Å²) in [6, 6.07) is -0.473. The highest BCUT2D eigenvalue weighted by molar-refractivity contribution is 5.71. The molecule has 0 bridgehead atoms. The Morgan fingerprint density at radius 2 is 2.40 bits per heavy atom. The van der Waals surface area contributed by atoms with Gasteiger partial charge in [0.25, 0.3) is 0 Å². The maximum absolute atomic E-state index is 13.0. The second-order valence-electron chi connectivity index (χ2n) is 3.94. The Morgan fingerprint density at radius 3 is 3.00 bits per heavy atom. The van der Waals surface area contributed by atoms with Crippen molar-refractivity contribution in [2.24, 2.45) is 11.5 Å². The van der Waals surface area contributed by atoms with Crippen LogP contribution in [0.25, 0.3) is 0 Å². The first-order chi connectivity index (χ1) is 7.11. The summed E-state index contributed by atoms with van der Waals surface area (Å²) in [6.45, 7) is 1.90. The molecule has 0 saturated carbocycles. The maximum Gasteiger partial charge on any atom is 0.312 e. The van der Waals surface area contributed by atoms with Gasteiger partial charge < -0.3 is 16.8 Å². The molecule has 0 spiro atoms. The molecule has 1 fully saturated rings. The van der Waals surface area contributed by atoms with Gasteiger partial charge in [-0.3, -0.25) is 4.90 Å². The summed E-state index contributed by atoms with van der Waals surface area (Å²) in [5.41, 5.74) is 10.2. The summed E-state index contributed by atoms with van der Waals surface area (Å²) in [5.74, 6) is 0. The molecule has 1 heterocycles. The van der Waals surface area contributed by atoms with Crippen LogP contribution in [0.5, 0.6) is 0 Å². The van der Waals surface area contributed by atoms with Crippen molar-refractivity contribution in [3.05, 3.63) is 0 Å². The summed E-state index contributed by atoms with van der Waals surface area (Å²) < 4.78 is 13.0. The normalized spacial score (nSPS) is 24.8. The van der Waals surface area contributed by atoms with Crippen molar-refractivity contribution in [3.63, 3.8) is 0 Å². The van der Waals surface area contributed by atoms with Crippen molar-refractivity contribution in [2.45, 2.75) is 25.1 Å². The zero-order valence-electron chi connectivity index (χ0n) is 8.79. The Labute approximate surface area is 89.0 Å². The van der Waals surface area contributed by atoms with Crippen LogP contribution in [0.2, 0.25) is 0 Å². The Hall–Kier alpha value is -0.880. The molecule has 88 valence electrons. The minimum atomic E-state index is -0.989. The van der Waals surface area contributed by atoms with Crippen LogP contribution in [-0.4, -0.2) is 49.3 Å². The molecule has 1 saturated heterocycles. The molecule has 15 heavy (non-hydrogen) atoms. The molecule has 2 amide bonds. The number of piperidine rings is 1. The van der Waals surface area contributed by atoms with Gasteiger partial charge in [-0.1, -0.05) is 0 Å². The molecule has 0 aliphatic carbocycles. The molecule has 0 unspecified atom stereocenters.